The molecule has 248 valence electrons. The number of aryl methyl sites for hydroxylation is 1. The minimum Gasteiger partial charge on any atom is -0.484 e. The third-order valence-electron chi connectivity index (χ3n) is 7.98. The van der Waals surface area contributed by atoms with Gasteiger partial charge in [0.1, 0.15) is 11.8 Å². The van der Waals surface area contributed by atoms with Gasteiger partial charge in [-0.15, -0.1) is 0 Å². The first kappa shape index (κ1) is 33.1. The zero-order valence-corrected chi connectivity index (χ0v) is 26.5. The van der Waals surface area contributed by atoms with E-state index in [9.17, 15) is 24.3 Å². The van der Waals surface area contributed by atoms with Crippen LogP contribution in [0.3, 0.4) is 0 Å². The van der Waals surface area contributed by atoms with Gasteiger partial charge in [0.15, 0.2) is 18.1 Å². The van der Waals surface area contributed by atoms with E-state index in [4.69, 9.17) is 14.2 Å². The molecule has 2 unspecified atom stereocenters. The molecule has 12 nitrogen and oxygen atoms in total. The standard InChI is InChI=1S/C35H40N4O8/c1-21(2)16-29(34(43)38-28(18-33(41)42)23-10-15-30-31(17-23)47-20-46-30)37-32(40)19-45-25-13-11-24(12-14-25)36-35(44)39-27-9-5-7-22-6-3-4-8-26(22)27/h5,7,9-15,17,21,28-29H,3-4,6,8,16,18-20H2,1-2H3,(H,37,40)(H,38,43)(H,41,42)(H2,36,39,44). The van der Waals surface area contributed by atoms with Crippen LogP contribution in [0.15, 0.2) is 60.7 Å². The Morgan fingerprint density at radius 1 is 0.894 bits per heavy atom. The normalized spacial score (nSPS) is 14.4. The maximum Gasteiger partial charge on any atom is 0.323 e. The van der Waals surface area contributed by atoms with Gasteiger partial charge in [0.2, 0.25) is 12.7 Å². The minimum absolute atomic E-state index is 0.0555. The molecule has 0 aromatic heterocycles. The summed E-state index contributed by atoms with van der Waals surface area (Å²) >= 11 is 0. The lowest BCUT2D eigenvalue weighted by molar-refractivity contribution is -0.138. The highest BCUT2D eigenvalue weighted by molar-refractivity contribution is 6.00. The first-order valence-corrected chi connectivity index (χ1v) is 15.8. The van der Waals surface area contributed by atoms with Gasteiger partial charge < -0.3 is 40.6 Å². The van der Waals surface area contributed by atoms with E-state index in [0.29, 0.717) is 34.9 Å². The lowest BCUT2D eigenvalue weighted by atomic mass is 9.90. The molecule has 5 N–H and O–H groups in total. The summed E-state index contributed by atoms with van der Waals surface area (Å²) in [6.45, 7) is 3.54. The maximum atomic E-state index is 13.3. The summed E-state index contributed by atoms with van der Waals surface area (Å²) in [5, 5.41) is 20.8. The Kier molecular flexibility index (Phi) is 10.8. The fraction of sp³-hybridized carbons (Fsp3) is 0.371. The number of nitrogens with one attached hydrogen (secondary N) is 4. The summed E-state index contributed by atoms with van der Waals surface area (Å²) in [5.41, 5.74) is 4.38. The highest BCUT2D eigenvalue weighted by Crippen LogP contribution is 2.35. The van der Waals surface area contributed by atoms with Crippen molar-refractivity contribution in [1.82, 2.24) is 10.6 Å². The molecule has 0 spiro atoms. The molecule has 5 rings (SSSR count). The quantitative estimate of drug-likeness (QED) is 0.170. The van der Waals surface area contributed by atoms with E-state index in [1.807, 2.05) is 26.0 Å². The van der Waals surface area contributed by atoms with Crippen molar-refractivity contribution in [3.05, 3.63) is 77.4 Å². The zero-order valence-electron chi connectivity index (χ0n) is 26.5. The number of carbonyl (C=O) groups excluding carboxylic acids is 3. The van der Waals surface area contributed by atoms with Crippen LogP contribution in [0.25, 0.3) is 0 Å². The summed E-state index contributed by atoms with van der Waals surface area (Å²) in [4.78, 5) is 50.5. The monoisotopic (exact) mass is 644 g/mol. The van der Waals surface area contributed by atoms with Gasteiger partial charge in [0, 0.05) is 11.4 Å². The molecular weight excluding hydrogens is 604 g/mol. The molecule has 3 aromatic carbocycles. The molecule has 1 heterocycles. The SMILES string of the molecule is CC(C)CC(NC(=O)COc1ccc(NC(=O)Nc2cccc3c2CCCC3)cc1)C(=O)NC(CC(=O)O)c1ccc2c(c1)OCO2. The van der Waals surface area contributed by atoms with Gasteiger partial charge >= 0.3 is 12.0 Å². The lowest BCUT2D eigenvalue weighted by Crippen LogP contribution is -2.49. The number of hydrogen-bond donors (Lipinski definition) is 5. The van der Waals surface area contributed by atoms with Crippen molar-refractivity contribution in [2.45, 2.75) is 64.5 Å². The fourth-order valence-corrected chi connectivity index (χ4v) is 5.73. The van der Waals surface area contributed by atoms with Crippen LogP contribution < -0.4 is 35.5 Å². The molecule has 0 saturated carbocycles. The molecule has 0 bridgehead atoms. The Morgan fingerprint density at radius 2 is 1.66 bits per heavy atom. The van der Waals surface area contributed by atoms with Gasteiger partial charge in [-0.3, -0.25) is 14.4 Å². The smallest absolute Gasteiger partial charge is 0.323 e. The number of hydrogen-bond acceptors (Lipinski definition) is 7. The largest absolute Gasteiger partial charge is 0.484 e. The minimum atomic E-state index is -1.10. The van der Waals surface area contributed by atoms with Crippen LogP contribution in [-0.4, -0.2) is 48.4 Å². The van der Waals surface area contributed by atoms with Crippen LogP contribution in [0.1, 0.15) is 62.3 Å². The van der Waals surface area contributed by atoms with Crippen molar-refractivity contribution < 1.29 is 38.5 Å². The predicted octanol–water partition coefficient (Wildman–Crippen LogP) is 5.18. The van der Waals surface area contributed by atoms with Crippen molar-refractivity contribution in [2.24, 2.45) is 5.92 Å². The number of anilines is 2. The topological polar surface area (TPSA) is 164 Å². The van der Waals surface area contributed by atoms with Crippen molar-refractivity contribution in [1.29, 1.82) is 0 Å². The number of amides is 4. The summed E-state index contributed by atoms with van der Waals surface area (Å²) < 4.78 is 16.4. The molecule has 2 atom stereocenters. The molecule has 0 fully saturated rings. The van der Waals surface area contributed by atoms with E-state index in [1.165, 1.54) is 11.1 Å². The van der Waals surface area contributed by atoms with Crippen molar-refractivity contribution >= 4 is 35.2 Å². The Hall–Kier alpha value is -5.26. The van der Waals surface area contributed by atoms with E-state index >= 15 is 0 Å². The Labute approximate surface area is 273 Å². The number of fused-ring (bicyclic) bond motifs is 2. The number of rotatable bonds is 13. The first-order chi connectivity index (χ1) is 22.6. The molecule has 3 aromatic rings. The summed E-state index contributed by atoms with van der Waals surface area (Å²) in [6.07, 6.45) is 4.19. The molecule has 12 heteroatoms. The van der Waals surface area contributed by atoms with Crippen molar-refractivity contribution in [3.8, 4) is 17.2 Å². The third-order valence-corrected chi connectivity index (χ3v) is 7.98. The van der Waals surface area contributed by atoms with Crippen LogP contribution in [0.5, 0.6) is 17.2 Å². The number of benzene rings is 3. The van der Waals surface area contributed by atoms with Crippen molar-refractivity contribution in [2.75, 3.05) is 24.0 Å². The van der Waals surface area contributed by atoms with E-state index in [2.05, 4.69) is 27.3 Å². The van der Waals surface area contributed by atoms with Crippen LogP contribution in [0, 0.1) is 5.92 Å². The molecule has 1 aliphatic heterocycles. The van der Waals surface area contributed by atoms with Gasteiger partial charge in [-0.05, 0) is 97.2 Å². The van der Waals surface area contributed by atoms with Crippen LogP contribution in [0.4, 0.5) is 16.2 Å². The van der Waals surface area contributed by atoms with Crippen molar-refractivity contribution in [3.63, 3.8) is 0 Å². The van der Waals surface area contributed by atoms with E-state index < -0.39 is 29.9 Å². The van der Waals surface area contributed by atoms with Crippen LogP contribution in [-0.2, 0) is 27.2 Å². The zero-order chi connectivity index (χ0) is 33.3. The molecule has 47 heavy (non-hydrogen) atoms. The van der Waals surface area contributed by atoms with Gasteiger partial charge in [-0.2, -0.15) is 0 Å². The molecule has 4 amide bonds. The Balaban J connectivity index is 1.13. The summed E-state index contributed by atoms with van der Waals surface area (Å²) in [6, 6.07) is 15.4. The average Bonchev–Trinajstić information content (AvgIpc) is 3.52. The van der Waals surface area contributed by atoms with E-state index in [-0.39, 0.29) is 31.8 Å². The number of urea groups is 1. The summed E-state index contributed by atoms with van der Waals surface area (Å²) in [7, 11) is 0. The van der Waals surface area contributed by atoms with E-state index in [0.717, 1.165) is 31.4 Å². The highest BCUT2D eigenvalue weighted by atomic mass is 16.7. The second-order valence-corrected chi connectivity index (χ2v) is 12.1. The van der Waals surface area contributed by atoms with Gasteiger partial charge in [-0.25, -0.2) is 4.79 Å². The number of aliphatic carboxylic acids is 1. The third kappa shape index (κ3) is 9.15. The van der Waals surface area contributed by atoms with Gasteiger partial charge in [-0.1, -0.05) is 32.0 Å². The summed E-state index contributed by atoms with van der Waals surface area (Å²) in [5.74, 6) is -0.665. The highest BCUT2D eigenvalue weighted by Gasteiger charge is 2.27. The molecule has 2 aliphatic rings. The van der Waals surface area contributed by atoms with Gasteiger partial charge in [0.05, 0.1) is 12.5 Å². The number of ether oxygens (including phenoxy) is 3. The molecule has 1 aliphatic carbocycles. The van der Waals surface area contributed by atoms with Crippen LogP contribution in [0.2, 0.25) is 0 Å². The van der Waals surface area contributed by atoms with Gasteiger partial charge in [0.25, 0.3) is 5.91 Å². The number of carboxylic acid groups (broad SMARTS) is 1. The van der Waals surface area contributed by atoms with E-state index in [1.54, 1.807) is 42.5 Å². The second-order valence-electron chi connectivity index (χ2n) is 12.1. The average molecular weight is 645 g/mol. The predicted molar refractivity (Wildman–Crippen MR) is 175 cm³/mol. The Morgan fingerprint density at radius 3 is 2.43 bits per heavy atom. The Bertz CT molecular complexity index is 1610. The maximum absolute atomic E-state index is 13.3. The number of carboxylic acids is 1. The molecular formula is C35H40N4O8. The molecule has 0 saturated heterocycles. The first-order valence-electron chi connectivity index (χ1n) is 15.8. The van der Waals surface area contributed by atoms with Crippen LogP contribution >= 0.6 is 0 Å². The lowest BCUT2D eigenvalue weighted by Gasteiger charge is -2.24. The second kappa shape index (κ2) is 15.4. The molecule has 0 radical (unpaired) electrons. The fourth-order valence-electron chi connectivity index (χ4n) is 5.73. The number of carbonyl (C=O) groups is 4.